The lowest BCUT2D eigenvalue weighted by Gasteiger charge is -2.38. The molecule has 0 spiro atoms. The molecule has 13 heavy (non-hydrogen) atoms. The van der Waals surface area contributed by atoms with Crippen molar-refractivity contribution in [3.05, 3.63) is 24.3 Å². The van der Waals surface area contributed by atoms with Gasteiger partial charge in [-0.05, 0) is 43.9 Å². The van der Waals surface area contributed by atoms with Crippen molar-refractivity contribution >= 4 is 0 Å². The number of allylic oxidation sites excluding steroid dienone is 3. The molecule has 0 amide bonds. The summed E-state index contributed by atoms with van der Waals surface area (Å²) in [7, 11) is 0. The first-order chi connectivity index (χ1) is 6.08. The number of hydrogen-bond acceptors (Lipinski definition) is 0. The molecular weight excluding hydrogens is 156 g/mol. The van der Waals surface area contributed by atoms with Gasteiger partial charge in [-0.25, -0.2) is 0 Å². The van der Waals surface area contributed by atoms with E-state index >= 15 is 0 Å². The third-order valence-corrected chi connectivity index (χ3v) is 3.41. The van der Waals surface area contributed by atoms with Crippen LogP contribution in [0, 0.1) is 11.3 Å². The standard InChI is InChI=1S/C13H22/c1-5-6-9-12-11(2)8-7-10-13(12,3)4/h5,8,12H,1,6-7,9-10H2,2-4H3. The first-order valence-electron chi connectivity index (χ1n) is 5.35. The summed E-state index contributed by atoms with van der Waals surface area (Å²) in [4.78, 5) is 0. The highest BCUT2D eigenvalue weighted by molar-refractivity contribution is 5.12. The minimum atomic E-state index is 0.502. The van der Waals surface area contributed by atoms with Gasteiger partial charge in [-0.3, -0.25) is 0 Å². The van der Waals surface area contributed by atoms with Crippen molar-refractivity contribution in [2.75, 3.05) is 0 Å². The summed E-state index contributed by atoms with van der Waals surface area (Å²) >= 11 is 0. The highest BCUT2D eigenvalue weighted by atomic mass is 14.4. The first-order valence-corrected chi connectivity index (χ1v) is 5.35. The molecule has 0 aromatic heterocycles. The number of hydrogen-bond donors (Lipinski definition) is 0. The third kappa shape index (κ3) is 2.46. The molecule has 1 aliphatic carbocycles. The summed E-state index contributed by atoms with van der Waals surface area (Å²) in [6.45, 7) is 10.9. The predicted molar refractivity (Wildman–Crippen MR) is 59.7 cm³/mol. The smallest absolute Gasteiger partial charge is 0.0152 e. The second-order valence-corrected chi connectivity index (χ2v) is 4.89. The van der Waals surface area contributed by atoms with Crippen LogP contribution in [0.3, 0.4) is 0 Å². The molecule has 0 saturated heterocycles. The fourth-order valence-corrected chi connectivity index (χ4v) is 2.51. The Bertz CT molecular complexity index is 208. The summed E-state index contributed by atoms with van der Waals surface area (Å²) < 4.78 is 0. The van der Waals surface area contributed by atoms with E-state index in [-0.39, 0.29) is 0 Å². The Labute approximate surface area is 82.7 Å². The molecule has 0 aromatic rings. The van der Waals surface area contributed by atoms with E-state index in [9.17, 15) is 0 Å². The molecule has 1 atom stereocenters. The topological polar surface area (TPSA) is 0 Å². The lowest BCUT2D eigenvalue weighted by molar-refractivity contribution is 0.205. The van der Waals surface area contributed by atoms with Crippen LogP contribution in [0.4, 0.5) is 0 Å². The van der Waals surface area contributed by atoms with Gasteiger partial charge in [0.05, 0.1) is 0 Å². The maximum atomic E-state index is 3.80. The molecule has 0 aliphatic heterocycles. The van der Waals surface area contributed by atoms with Crippen LogP contribution in [-0.4, -0.2) is 0 Å². The van der Waals surface area contributed by atoms with Crippen molar-refractivity contribution in [3.63, 3.8) is 0 Å². The normalized spacial score (nSPS) is 26.7. The lowest BCUT2D eigenvalue weighted by atomic mass is 9.67. The maximum Gasteiger partial charge on any atom is -0.0152 e. The van der Waals surface area contributed by atoms with Crippen LogP contribution in [0.5, 0.6) is 0 Å². The summed E-state index contributed by atoms with van der Waals surface area (Å²) in [5, 5.41) is 0. The van der Waals surface area contributed by atoms with Gasteiger partial charge in [0.25, 0.3) is 0 Å². The van der Waals surface area contributed by atoms with E-state index < -0.39 is 0 Å². The minimum Gasteiger partial charge on any atom is -0.103 e. The fraction of sp³-hybridized carbons (Fsp3) is 0.692. The van der Waals surface area contributed by atoms with Crippen molar-refractivity contribution in [1.82, 2.24) is 0 Å². The molecule has 74 valence electrons. The van der Waals surface area contributed by atoms with E-state index in [1.54, 1.807) is 5.57 Å². The van der Waals surface area contributed by atoms with Gasteiger partial charge in [-0.15, -0.1) is 6.58 Å². The lowest BCUT2D eigenvalue weighted by Crippen LogP contribution is -2.27. The Morgan fingerprint density at radius 3 is 2.85 bits per heavy atom. The second kappa shape index (κ2) is 4.13. The van der Waals surface area contributed by atoms with Crippen molar-refractivity contribution < 1.29 is 0 Å². The van der Waals surface area contributed by atoms with E-state index in [2.05, 4.69) is 33.4 Å². The van der Waals surface area contributed by atoms with Gasteiger partial charge in [0, 0.05) is 0 Å². The van der Waals surface area contributed by atoms with E-state index in [1.165, 1.54) is 19.3 Å². The Kier molecular flexibility index (Phi) is 3.35. The average molecular weight is 178 g/mol. The monoisotopic (exact) mass is 178 g/mol. The fourth-order valence-electron chi connectivity index (χ4n) is 2.51. The molecule has 1 unspecified atom stereocenters. The molecule has 0 aromatic carbocycles. The van der Waals surface area contributed by atoms with Crippen molar-refractivity contribution in [3.8, 4) is 0 Å². The Hall–Kier alpha value is -0.520. The Morgan fingerprint density at radius 2 is 2.31 bits per heavy atom. The summed E-state index contributed by atoms with van der Waals surface area (Å²) in [6, 6.07) is 0. The van der Waals surface area contributed by atoms with Crippen LogP contribution >= 0.6 is 0 Å². The maximum absolute atomic E-state index is 3.80. The minimum absolute atomic E-state index is 0.502. The van der Waals surface area contributed by atoms with Gasteiger partial charge in [0.1, 0.15) is 0 Å². The van der Waals surface area contributed by atoms with Gasteiger partial charge >= 0.3 is 0 Å². The Balaban J connectivity index is 2.69. The van der Waals surface area contributed by atoms with Crippen molar-refractivity contribution in [1.29, 1.82) is 0 Å². The highest BCUT2D eigenvalue weighted by Gasteiger charge is 2.31. The van der Waals surface area contributed by atoms with Crippen molar-refractivity contribution in [2.24, 2.45) is 11.3 Å². The summed E-state index contributed by atoms with van der Waals surface area (Å²) in [6.07, 6.45) is 9.49. The molecule has 0 heteroatoms. The molecule has 0 N–H and O–H groups in total. The van der Waals surface area contributed by atoms with Gasteiger partial charge in [-0.2, -0.15) is 0 Å². The second-order valence-electron chi connectivity index (χ2n) is 4.89. The highest BCUT2D eigenvalue weighted by Crippen LogP contribution is 2.43. The molecule has 0 bridgehead atoms. The molecule has 0 saturated carbocycles. The van der Waals surface area contributed by atoms with E-state index in [1.807, 2.05) is 6.08 Å². The van der Waals surface area contributed by atoms with E-state index in [0.717, 1.165) is 12.3 Å². The van der Waals surface area contributed by atoms with Gasteiger partial charge in [-0.1, -0.05) is 31.6 Å². The molecule has 1 aliphatic rings. The van der Waals surface area contributed by atoms with Crippen LogP contribution in [0.15, 0.2) is 24.3 Å². The van der Waals surface area contributed by atoms with Crippen LogP contribution in [0.2, 0.25) is 0 Å². The van der Waals surface area contributed by atoms with E-state index in [0.29, 0.717) is 5.41 Å². The zero-order valence-electron chi connectivity index (χ0n) is 9.27. The van der Waals surface area contributed by atoms with Gasteiger partial charge < -0.3 is 0 Å². The molecule has 0 nitrogen and oxygen atoms in total. The molecule has 1 rings (SSSR count). The van der Waals surface area contributed by atoms with Gasteiger partial charge in [0.2, 0.25) is 0 Å². The first kappa shape index (κ1) is 10.6. The quantitative estimate of drug-likeness (QED) is 0.564. The molecular formula is C13H22. The van der Waals surface area contributed by atoms with Crippen LogP contribution < -0.4 is 0 Å². The average Bonchev–Trinajstić information content (AvgIpc) is 2.02. The summed E-state index contributed by atoms with van der Waals surface area (Å²) in [5.41, 5.74) is 2.10. The van der Waals surface area contributed by atoms with E-state index in [4.69, 9.17) is 0 Å². The third-order valence-electron chi connectivity index (χ3n) is 3.41. The SMILES string of the molecule is C=CCCC1C(C)=CCCC1(C)C. The van der Waals surface area contributed by atoms with Crippen LogP contribution in [0.1, 0.15) is 46.5 Å². The van der Waals surface area contributed by atoms with Crippen LogP contribution in [-0.2, 0) is 0 Å². The zero-order chi connectivity index (χ0) is 9.90. The van der Waals surface area contributed by atoms with Gasteiger partial charge in [0.15, 0.2) is 0 Å². The predicted octanol–water partition coefficient (Wildman–Crippen LogP) is 4.34. The number of rotatable bonds is 3. The molecule has 0 heterocycles. The largest absolute Gasteiger partial charge is 0.103 e. The molecule has 0 fully saturated rings. The Morgan fingerprint density at radius 1 is 1.62 bits per heavy atom. The summed E-state index contributed by atoms with van der Waals surface area (Å²) in [5.74, 6) is 0.777. The van der Waals surface area contributed by atoms with Crippen molar-refractivity contribution in [2.45, 2.75) is 46.5 Å². The zero-order valence-corrected chi connectivity index (χ0v) is 9.27. The molecule has 0 radical (unpaired) electrons. The van der Waals surface area contributed by atoms with Crippen LogP contribution in [0.25, 0.3) is 0 Å².